The van der Waals surface area contributed by atoms with E-state index >= 15 is 0 Å². The molecule has 1 N–H and O–H groups in total. The van der Waals surface area contributed by atoms with E-state index in [1.807, 2.05) is 31.2 Å². The average Bonchev–Trinajstić information content (AvgIpc) is 3.23. The van der Waals surface area contributed by atoms with Crippen LogP contribution in [-0.4, -0.2) is 41.1 Å². The first-order valence-electron chi connectivity index (χ1n) is 10.1. The number of amides is 4. The predicted molar refractivity (Wildman–Crippen MR) is 108 cm³/mol. The Morgan fingerprint density at radius 1 is 1.10 bits per heavy atom. The predicted octanol–water partition coefficient (Wildman–Crippen LogP) is 2.40. The summed E-state index contributed by atoms with van der Waals surface area (Å²) >= 11 is 0. The van der Waals surface area contributed by atoms with Crippen LogP contribution in [0.5, 0.6) is 0 Å². The van der Waals surface area contributed by atoms with Crippen LogP contribution in [0.1, 0.15) is 38.2 Å². The van der Waals surface area contributed by atoms with Gasteiger partial charge in [-0.3, -0.25) is 24.1 Å². The topological polar surface area (TPSA) is 86.8 Å². The summed E-state index contributed by atoms with van der Waals surface area (Å²) in [7, 11) is 0. The smallest absolute Gasteiger partial charge is 0.247 e. The monoisotopic (exact) mass is 395 g/mol. The number of likely N-dealkylation sites (tertiary alicyclic amines) is 1. The van der Waals surface area contributed by atoms with Crippen LogP contribution in [0, 0.1) is 18.8 Å². The fraction of sp³-hybridized carbons (Fsp3) is 0.455. The molecule has 0 radical (unpaired) electrons. The molecule has 0 spiro atoms. The summed E-state index contributed by atoms with van der Waals surface area (Å²) in [5.41, 5.74) is 2.31. The van der Waals surface area contributed by atoms with Crippen LogP contribution >= 0.6 is 0 Å². The molecule has 2 saturated heterocycles. The number of imide groups is 1. The van der Waals surface area contributed by atoms with E-state index in [0.29, 0.717) is 31.5 Å². The van der Waals surface area contributed by atoms with Gasteiger partial charge in [0, 0.05) is 24.3 Å². The van der Waals surface area contributed by atoms with Crippen LogP contribution in [0.2, 0.25) is 0 Å². The van der Waals surface area contributed by atoms with Gasteiger partial charge in [0.25, 0.3) is 0 Å². The highest BCUT2D eigenvalue weighted by atomic mass is 16.2. The number of anilines is 2. The standard InChI is InChI=1S/C22H25N3O4/c1-13-12-15(9-10-18(13)24-11-5-8-19(24)26)23-20(27)14(2)25-21(28)16-6-3-4-7-17(16)22(25)29/h3-4,9-10,12,14,16-17H,5-8,11H2,1-2H3,(H,23,27)/t14-,16-,17-/m0/s1. The maximum Gasteiger partial charge on any atom is 0.247 e. The van der Waals surface area contributed by atoms with Gasteiger partial charge in [-0.2, -0.15) is 0 Å². The van der Waals surface area contributed by atoms with Crippen molar-refractivity contribution >= 4 is 35.0 Å². The summed E-state index contributed by atoms with van der Waals surface area (Å²) in [6.07, 6.45) is 6.37. The highest BCUT2D eigenvalue weighted by Crippen LogP contribution is 2.36. The molecular weight excluding hydrogens is 370 g/mol. The van der Waals surface area contributed by atoms with Crippen molar-refractivity contribution in [1.29, 1.82) is 0 Å². The molecule has 3 atom stereocenters. The molecule has 4 amide bonds. The summed E-state index contributed by atoms with van der Waals surface area (Å²) in [5, 5.41) is 2.81. The largest absolute Gasteiger partial charge is 0.324 e. The molecule has 1 aromatic carbocycles. The number of benzene rings is 1. The van der Waals surface area contributed by atoms with Crippen molar-refractivity contribution in [1.82, 2.24) is 4.90 Å². The van der Waals surface area contributed by atoms with E-state index in [2.05, 4.69) is 5.32 Å². The third-order valence-corrected chi connectivity index (χ3v) is 6.14. The number of nitrogens with zero attached hydrogens (tertiary/aromatic N) is 2. The fourth-order valence-electron chi connectivity index (χ4n) is 4.51. The highest BCUT2D eigenvalue weighted by molar-refractivity contribution is 6.10. The van der Waals surface area contributed by atoms with Gasteiger partial charge < -0.3 is 10.2 Å². The number of carbonyl (C=O) groups excluding carboxylic acids is 4. The second-order valence-electron chi connectivity index (χ2n) is 8.02. The van der Waals surface area contributed by atoms with E-state index in [1.54, 1.807) is 17.9 Å². The van der Waals surface area contributed by atoms with Crippen LogP contribution in [0.3, 0.4) is 0 Å². The summed E-state index contributed by atoms with van der Waals surface area (Å²) < 4.78 is 0. The molecule has 1 aliphatic carbocycles. The van der Waals surface area contributed by atoms with Crippen molar-refractivity contribution in [3.05, 3.63) is 35.9 Å². The Labute approximate surface area is 169 Å². The van der Waals surface area contributed by atoms with Gasteiger partial charge in [-0.15, -0.1) is 0 Å². The van der Waals surface area contributed by atoms with Crippen molar-refractivity contribution in [2.24, 2.45) is 11.8 Å². The lowest BCUT2D eigenvalue weighted by Crippen LogP contribution is -2.46. The van der Waals surface area contributed by atoms with Gasteiger partial charge in [0.15, 0.2) is 0 Å². The number of fused-ring (bicyclic) bond motifs is 1. The van der Waals surface area contributed by atoms with Crippen molar-refractivity contribution in [3.8, 4) is 0 Å². The van der Waals surface area contributed by atoms with Gasteiger partial charge >= 0.3 is 0 Å². The summed E-state index contributed by atoms with van der Waals surface area (Å²) in [4.78, 5) is 53.0. The van der Waals surface area contributed by atoms with Crippen molar-refractivity contribution < 1.29 is 19.2 Å². The molecule has 0 saturated carbocycles. The summed E-state index contributed by atoms with van der Waals surface area (Å²) in [6.45, 7) is 4.18. The molecule has 7 nitrogen and oxygen atoms in total. The third-order valence-electron chi connectivity index (χ3n) is 6.14. The van der Waals surface area contributed by atoms with Gasteiger partial charge in [-0.25, -0.2) is 0 Å². The zero-order valence-electron chi connectivity index (χ0n) is 16.7. The van der Waals surface area contributed by atoms with Gasteiger partial charge in [-0.1, -0.05) is 12.2 Å². The quantitative estimate of drug-likeness (QED) is 0.627. The number of rotatable bonds is 4. The molecule has 2 aliphatic heterocycles. The van der Waals surface area contributed by atoms with E-state index in [0.717, 1.165) is 22.6 Å². The minimum atomic E-state index is -0.874. The number of allylic oxidation sites excluding steroid dienone is 2. The van der Waals surface area contributed by atoms with Crippen LogP contribution in [0.15, 0.2) is 30.4 Å². The number of hydrogen-bond acceptors (Lipinski definition) is 4. The van der Waals surface area contributed by atoms with Gasteiger partial charge in [0.2, 0.25) is 23.6 Å². The number of carbonyl (C=O) groups is 4. The first kappa shape index (κ1) is 19.4. The van der Waals surface area contributed by atoms with Gasteiger partial charge in [0.1, 0.15) is 6.04 Å². The Hall–Kier alpha value is -2.96. The van der Waals surface area contributed by atoms with E-state index < -0.39 is 11.9 Å². The first-order valence-corrected chi connectivity index (χ1v) is 10.1. The highest BCUT2D eigenvalue weighted by Gasteiger charge is 2.50. The lowest BCUT2D eigenvalue weighted by atomic mass is 9.85. The molecular formula is C22H25N3O4. The summed E-state index contributed by atoms with van der Waals surface area (Å²) in [5.74, 6) is -1.50. The zero-order chi connectivity index (χ0) is 20.7. The molecule has 2 heterocycles. The Bertz CT molecular complexity index is 897. The van der Waals surface area contributed by atoms with Gasteiger partial charge in [-0.05, 0) is 56.9 Å². The van der Waals surface area contributed by atoms with E-state index in [4.69, 9.17) is 0 Å². The second-order valence-corrected chi connectivity index (χ2v) is 8.02. The average molecular weight is 395 g/mol. The van der Waals surface area contributed by atoms with E-state index in [1.165, 1.54) is 0 Å². The maximum absolute atomic E-state index is 12.8. The second kappa shape index (κ2) is 7.46. The maximum atomic E-state index is 12.8. The first-order chi connectivity index (χ1) is 13.9. The normalized spacial score (nSPS) is 24.8. The Morgan fingerprint density at radius 2 is 1.76 bits per heavy atom. The third kappa shape index (κ3) is 3.34. The zero-order valence-corrected chi connectivity index (χ0v) is 16.7. The molecule has 0 unspecified atom stereocenters. The van der Waals surface area contributed by atoms with Crippen molar-refractivity contribution in [3.63, 3.8) is 0 Å². The van der Waals surface area contributed by atoms with E-state index in [-0.39, 0.29) is 29.6 Å². The SMILES string of the molecule is Cc1cc(NC(=O)[C@H](C)N2C(=O)[C@H]3CC=CC[C@@H]3C2=O)ccc1N1CCCC1=O. The molecule has 2 fully saturated rings. The van der Waals surface area contributed by atoms with Gasteiger partial charge in [0.05, 0.1) is 11.8 Å². The minimum absolute atomic E-state index is 0.112. The molecule has 29 heavy (non-hydrogen) atoms. The van der Waals surface area contributed by atoms with Crippen molar-refractivity contribution in [2.75, 3.05) is 16.8 Å². The van der Waals surface area contributed by atoms with Crippen LogP contribution in [0.25, 0.3) is 0 Å². The van der Waals surface area contributed by atoms with Crippen LogP contribution < -0.4 is 10.2 Å². The molecule has 7 heteroatoms. The minimum Gasteiger partial charge on any atom is -0.324 e. The fourth-order valence-corrected chi connectivity index (χ4v) is 4.51. The number of nitrogens with one attached hydrogen (secondary N) is 1. The molecule has 1 aromatic rings. The Balaban J connectivity index is 1.46. The van der Waals surface area contributed by atoms with Crippen LogP contribution in [0.4, 0.5) is 11.4 Å². The van der Waals surface area contributed by atoms with Crippen molar-refractivity contribution in [2.45, 2.75) is 45.6 Å². The lowest BCUT2D eigenvalue weighted by Gasteiger charge is -2.23. The lowest BCUT2D eigenvalue weighted by molar-refractivity contribution is -0.146. The molecule has 0 bridgehead atoms. The van der Waals surface area contributed by atoms with Crippen LogP contribution in [-0.2, 0) is 19.2 Å². The molecule has 152 valence electrons. The summed E-state index contributed by atoms with van der Waals surface area (Å²) in [6, 6.07) is 4.50. The Morgan fingerprint density at radius 3 is 2.31 bits per heavy atom. The van der Waals surface area contributed by atoms with E-state index in [9.17, 15) is 19.2 Å². The Kier molecular flexibility index (Phi) is 4.98. The molecule has 3 aliphatic rings. The molecule has 0 aromatic heterocycles. The number of aryl methyl sites for hydroxylation is 1. The number of hydrogen-bond donors (Lipinski definition) is 1. The molecule has 4 rings (SSSR count).